The van der Waals surface area contributed by atoms with E-state index in [1.54, 1.807) is 31.2 Å². The third-order valence-electron chi connectivity index (χ3n) is 4.12. The van der Waals surface area contributed by atoms with E-state index in [0.29, 0.717) is 22.8 Å². The normalized spacial score (nSPS) is 11.7. The molecule has 1 amide bonds. The molecule has 1 N–H and O–H groups in total. The third-order valence-corrected chi connectivity index (χ3v) is 4.12. The van der Waals surface area contributed by atoms with Crippen LogP contribution in [0.25, 0.3) is 0 Å². The molecule has 28 heavy (non-hydrogen) atoms. The van der Waals surface area contributed by atoms with Crippen LogP contribution in [0.2, 0.25) is 0 Å². The van der Waals surface area contributed by atoms with Gasteiger partial charge in [-0.1, -0.05) is 18.2 Å². The first-order valence-corrected chi connectivity index (χ1v) is 8.51. The zero-order valence-electron chi connectivity index (χ0n) is 16.1. The van der Waals surface area contributed by atoms with Crippen LogP contribution in [0, 0.1) is 0 Å². The van der Waals surface area contributed by atoms with Crippen molar-refractivity contribution >= 4 is 5.91 Å². The Balaban J connectivity index is 2.07. The number of carbonyl (C=O) groups is 1. The number of methoxy groups -OCH3 is 3. The molecule has 6 nitrogen and oxygen atoms in total. The number of benzene rings is 2. The van der Waals surface area contributed by atoms with Crippen molar-refractivity contribution in [2.75, 3.05) is 21.3 Å². The number of halogens is 2. The fourth-order valence-corrected chi connectivity index (χ4v) is 2.79. The van der Waals surface area contributed by atoms with Gasteiger partial charge in [0, 0.05) is 5.56 Å². The van der Waals surface area contributed by atoms with Gasteiger partial charge in [-0.3, -0.25) is 4.79 Å². The van der Waals surface area contributed by atoms with Crippen molar-refractivity contribution in [3.05, 3.63) is 47.5 Å². The Bertz CT molecular complexity index is 796. The molecule has 1 atom stereocenters. The first-order valence-electron chi connectivity index (χ1n) is 8.51. The highest BCUT2D eigenvalue weighted by molar-refractivity contribution is 5.80. The van der Waals surface area contributed by atoms with E-state index in [1.807, 2.05) is 0 Å². The van der Waals surface area contributed by atoms with E-state index in [0.717, 1.165) is 5.56 Å². The van der Waals surface area contributed by atoms with E-state index in [9.17, 15) is 13.6 Å². The van der Waals surface area contributed by atoms with Crippen LogP contribution in [0.15, 0.2) is 36.4 Å². The average Bonchev–Trinajstić information content (AvgIpc) is 2.67. The van der Waals surface area contributed by atoms with E-state index >= 15 is 0 Å². The quantitative estimate of drug-likeness (QED) is 0.701. The zero-order valence-corrected chi connectivity index (χ0v) is 16.1. The van der Waals surface area contributed by atoms with Crippen molar-refractivity contribution in [1.82, 2.24) is 5.32 Å². The lowest BCUT2D eigenvalue weighted by molar-refractivity contribution is -0.121. The van der Waals surface area contributed by atoms with Crippen molar-refractivity contribution in [3.8, 4) is 23.0 Å². The molecule has 2 aromatic rings. The number of carbonyl (C=O) groups excluding carboxylic acids is 1. The molecule has 0 saturated heterocycles. The van der Waals surface area contributed by atoms with E-state index in [2.05, 4.69) is 10.1 Å². The minimum atomic E-state index is -2.88. The molecule has 0 bridgehead atoms. The topological polar surface area (TPSA) is 66.0 Å². The van der Waals surface area contributed by atoms with Gasteiger partial charge in [-0.15, -0.1) is 0 Å². The molecule has 0 aromatic heterocycles. The molecule has 0 unspecified atom stereocenters. The molecule has 0 aliphatic carbocycles. The minimum Gasteiger partial charge on any atom is -0.493 e. The van der Waals surface area contributed by atoms with Gasteiger partial charge >= 0.3 is 6.61 Å². The molecule has 0 fully saturated rings. The Labute approximate surface area is 162 Å². The van der Waals surface area contributed by atoms with Crippen molar-refractivity contribution in [2.45, 2.75) is 26.0 Å². The molecule has 0 spiro atoms. The predicted octanol–water partition coefficient (Wildman–Crippen LogP) is 3.73. The smallest absolute Gasteiger partial charge is 0.387 e. The summed E-state index contributed by atoms with van der Waals surface area (Å²) in [5.41, 5.74) is 1.40. The maximum Gasteiger partial charge on any atom is 0.387 e. The van der Waals surface area contributed by atoms with Gasteiger partial charge in [0.05, 0.1) is 33.8 Å². The molecular weight excluding hydrogens is 372 g/mol. The van der Waals surface area contributed by atoms with Gasteiger partial charge in [0.2, 0.25) is 11.7 Å². The van der Waals surface area contributed by atoms with Gasteiger partial charge < -0.3 is 24.3 Å². The highest BCUT2D eigenvalue weighted by Crippen LogP contribution is 2.39. The van der Waals surface area contributed by atoms with Gasteiger partial charge in [0.15, 0.2) is 11.5 Å². The molecular formula is C20H23F2NO5. The molecule has 0 radical (unpaired) electrons. The molecule has 8 heteroatoms. The summed E-state index contributed by atoms with van der Waals surface area (Å²) in [4.78, 5) is 12.5. The summed E-state index contributed by atoms with van der Waals surface area (Å²) in [5.74, 6) is 1.18. The molecule has 152 valence electrons. The number of amides is 1. The molecule has 0 aliphatic heterocycles. The second-order valence-corrected chi connectivity index (χ2v) is 5.91. The van der Waals surface area contributed by atoms with Crippen LogP contribution in [0.3, 0.4) is 0 Å². The lowest BCUT2D eigenvalue weighted by atomic mass is 10.1. The zero-order chi connectivity index (χ0) is 20.7. The van der Waals surface area contributed by atoms with E-state index in [-0.39, 0.29) is 24.1 Å². The van der Waals surface area contributed by atoms with Gasteiger partial charge in [0.1, 0.15) is 5.75 Å². The number of ether oxygens (including phenoxy) is 4. The Kier molecular flexibility index (Phi) is 7.43. The summed E-state index contributed by atoms with van der Waals surface area (Å²) in [5, 5.41) is 2.87. The number of hydrogen-bond donors (Lipinski definition) is 1. The molecule has 2 aromatic carbocycles. The predicted molar refractivity (Wildman–Crippen MR) is 99.4 cm³/mol. The van der Waals surface area contributed by atoms with Crippen LogP contribution >= 0.6 is 0 Å². The molecule has 0 aliphatic rings. The van der Waals surface area contributed by atoms with Gasteiger partial charge in [-0.05, 0) is 30.7 Å². The SMILES string of the molecule is COc1ccc(CC(=O)N[C@H](C)c2ccc(OC(F)F)cc2)c(OC)c1OC. The highest BCUT2D eigenvalue weighted by Gasteiger charge is 2.19. The maximum atomic E-state index is 12.5. The number of alkyl halides is 2. The lowest BCUT2D eigenvalue weighted by Gasteiger charge is -2.18. The summed E-state index contributed by atoms with van der Waals surface area (Å²) in [6.07, 6.45) is 0.0699. The fraction of sp³-hybridized carbons (Fsp3) is 0.350. The largest absolute Gasteiger partial charge is 0.493 e. The Morgan fingerprint density at radius 2 is 1.61 bits per heavy atom. The summed E-state index contributed by atoms with van der Waals surface area (Å²) in [6, 6.07) is 9.23. The van der Waals surface area contributed by atoms with Gasteiger partial charge in [0.25, 0.3) is 0 Å². The second-order valence-electron chi connectivity index (χ2n) is 5.91. The van der Waals surface area contributed by atoms with Crippen LogP contribution < -0.4 is 24.3 Å². The van der Waals surface area contributed by atoms with Gasteiger partial charge in [-0.25, -0.2) is 0 Å². The second kappa shape index (κ2) is 9.77. The van der Waals surface area contributed by atoms with E-state index < -0.39 is 6.61 Å². The monoisotopic (exact) mass is 395 g/mol. The number of nitrogens with one attached hydrogen (secondary N) is 1. The maximum absolute atomic E-state index is 12.5. The Hall–Kier alpha value is -3.03. The summed E-state index contributed by atoms with van der Waals surface area (Å²) in [6.45, 7) is -1.08. The summed E-state index contributed by atoms with van der Waals surface area (Å²) >= 11 is 0. The molecule has 0 heterocycles. The number of hydrogen-bond acceptors (Lipinski definition) is 5. The van der Waals surface area contributed by atoms with Crippen LogP contribution in [0.1, 0.15) is 24.1 Å². The van der Waals surface area contributed by atoms with Gasteiger partial charge in [-0.2, -0.15) is 8.78 Å². The highest BCUT2D eigenvalue weighted by atomic mass is 19.3. The van der Waals surface area contributed by atoms with Crippen LogP contribution in [-0.4, -0.2) is 33.8 Å². The van der Waals surface area contributed by atoms with Crippen LogP contribution in [-0.2, 0) is 11.2 Å². The minimum absolute atomic E-state index is 0.0624. The molecule has 2 rings (SSSR count). The number of rotatable bonds is 9. The standard InChI is InChI=1S/C20H23F2NO5/c1-12(13-5-8-15(9-6-13)28-20(21)22)23-17(24)11-14-7-10-16(25-2)19(27-4)18(14)26-3/h5-10,12,20H,11H2,1-4H3,(H,23,24)/t12-/m1/s1. The van der Waals surface area contributed by atoms with E-state index in [4.69, 9.17) is 14.2 Å². The van der Waals surface area contributed by atoms with Crippen molar-refractivity contribution in [1.29, 1.82) is 0 Å². The fourth-order valence-electron chi connectivity index (χ4n) is 2.79. The average molecular weight is 395 g/mol. The summed E-state index contributed by atoms with van der Waals surface area (Å²) in [7, 11) is 4.50. The van der Waals surface area contributed by atoms with E-state index in [1.165, 1.54) is 33.5 Å². The first kappa shape index (κ1) is 21.3. The Morgan fingerprint density at radius 3 is 2.14 bits per heavy atom. The van der Waals surface area contributed by atoms with Crippen molar-refractivity contribution in [3.63, 3.8) is 0 Å². The first-order chi connectivity index (χ1) is 13.4. The third kappa shape index (κ3) is 5.25. The Morgan fingerprint density at radius 1 is 0.964 bits per heavy atom. The van der Waals surface area contributed by atoms with Crippen molar-refractivity contribution in [2.24, 2.45) is 0 Å². The summed E-state index contributed by atoms with van der Waals surface area (Å²) < 4.78 is 44.7. The van der Waals surface area contributed by atoms with Crippen molar-refractivity contribution < 1.29 is 32.5 Å². The van der Waals surface area contributed by atoms with Crippen LogP contribution in [0.5, 0.6) is 23.0 Å². The van der Waals surface area contributed by atoms with Crippen LogP contribution in [0.4, 0.5) is 8.78 Å². The molecule has 0 saturated carbocycles. The lowest BCUT2D eigenvalue weighted by Crippen LogP contribution is -2.28.